The standard InChI is InChI=1S/C29H23BrN2O5S2/c1-34-21-5-2-18(3-6-21)15-32-28(33)27(39-29(32)38)12-19-16-31(24-8-4-20(30)13-23(19)24)10-11-35-22-7-9-25-26(14-22)37-17-36-25/h2-9,12-14,16H,10-11,15,17H2,1H3/b27-12-. The largest absolute Gasteiger partial charge is 0.497 e. The van der Waals surface area contributed by atoms with Gasteiger partial charge >= 0.3 is 0 Å². The van der Waals surface area contributed by atoms with Gasteiger partial charge in [0, 0.05) is 33.2 Å². The van der Waals surface area contributed by atoms with Crippen molar-refractivity contribution in [2.45, 2.75) is 13.1 Å². The number of methoxy groups -OCH3 is 1. The van der Waals surface area contributed by atoms with E-state index in [1.807, 2.05) is 54.6 Å². The summed E-state index contributed by atoms with van der Waals surface area (Å²) < 4.78 is 25.7. The van der Waals surface area contributed by atoms with E-state index in [-0.39, 0.29) is 12.7 Å². The molecule has 10 heteroatoms. The molecule has 0 atom stereocenters. The molecule has 2 aliphatic rings. The first kappa shape index (κ1) is 25.8. The highest BCUT2D eigenvalue weighted by Crippen LogP contribution is 2.37. The minimum atomic E-state index is -0.0946. The van der Waals surface area contributed by atoms with Crippen LogP contribution in [0.1, 0.15) is 11.1 Å². The molecule has 7 nitrogen and oxygen atoms in total. The van der Waals surface area contributed by atoms with E-state index >= 15 is 0 Å². The molecule has 198 valence electrons. The van der Waals surface area contributed by atoms with Crippen LogP contribution in [-0.2, 0) is 17.9 Å². The van der Waals surface area contributed by atoms with Crippen molar-refractivity contribution in [3.63, 3.8) is 0 Å². The lowest BCUT2D eigenvalue weighted by atomic mass is 10.1. The van der Waals surface area contributed by atoms with E-state index in [1.165, 1.54) is 11.8 Å². The summed E-state index contributed by atoms with van der Waals surface area (Å²) in [6.07, 6.45) is 3.98. The Bertz CT molecular complexity index is 1620. The van der Waals surface area contributed by atoms with Crippen molar-refractivity contribution >= 4 is 67.1 Å². The van der Waals surface area contributed by atoms with Gasteiger partial charge in [-0.25, -0.2) is 0 Å². The lowest BCUT2D eigenvalue weighted by Crippen LogP contribution is -2.27. The highest BCUT2D eigenvalue weighted by atomic mass is 79.9. The number of thioether (sulfide) groups is 1. The van der Waals surface area contributed by atoms with E-state index < -0.39 is 0 Å². The average molecular weight is 624 g/mol. The molecule has 3 heterocycles. The molecule has 39 heavy (non-hydrogen) atoms. The van der Waals surface area contributed by atoms with Crippen molar-refractivity contribution in [2.24, 2.45) is 0 Å². The number of hydrogen-bond acceptors (Lipinski definition) is 7. The van der Waals surface area contributed by atoms with Crippen LogP contribution in [0.5, 0.6) is 23.0 Å². The Balaban J connectivity index is 1.21. The second-order valence-electron chi connectivity index (χ2n) is 8.92. The minimum absolute atomic E-state index is 0.0946. The lowest BCUT2D eigenvalue weighted by molar-refractivity contribution is -0.122. The summed E-state index contributed by atoms with van der Waals surface area (Å²) in [4.78, 5) is 15.6. The van der Waals surface area contributed by atoms with E-state index in [0.717, 1.165) is 43.8 Å². The fraction of sp³-hybridized carbons (Fsp3) is 0.172. The number of halogens is 1. The number of amides is 1. The Labute approximate surface area is 243 Å². The predicted octanol–water partition coefficient (Wildman–Crippen LogP) is 6.62. The number of thiocarbonyl (C=S) groups is 1. The van der Waals surface area contributed by atoms with Gasteiger partial charge in [-0.2, -0.15) is 0 Å². The summed E-state index contributed by atoms with van der Waals surface area (Å²) in [6, 6.07) is 19.3. The van der Waals surface area contributed by atoms with E-state index in [9.17, 15) is 4.79 Å². The summed E-state index contributed by atoms with van der Waals surface area (Å²) in [7, 11) is 1.63. The van der Waals surface area contributed by atoms with Crippen molar-refractivity contribution in [3.05, 3.63) is 87.4 Å². The van der Waals surface area contributed by atoms with E-state index in [4.69, 9.17) is 31.2 Å². The quantitative estimate of drug-likeness (QED) is 0.162. The van der Waals surface area contributed by atoms with Gasteiger partial charge in [0.15, 0.2) is 11.5 Å². The van der Waals surface area contributed by atoms with Crippen LogP contribution in [0.3, 0.4) is 0 Å². The molecule has 0 aliphatic carbocycles. The zero-order valence-corrected chi connectivity index (χ0v) is 24.1. The summed E-state index contributed by atoms with van der Waals surface area (Å²) in [5, 5.41) is 1.04. The van der Waals surface area contributed by atoms with Crippen LogP contribution in [-0.4, -0.2) is 40.2 Å². The topological polar surface area (TPSA) is 62.2 Å². The van der Waals surface area contributed by atoms with Crippen molar-refractivity contribution in [1.29, 1.82) is 0 Å². The predicted molar refractivity (Wildman–Crippen MR) is 159 cm³/mol. The lowest BCUT2D eigenvalue weighted by Gasteiger charge is -2.14. The number of carbonyl (C=O) groups excluding carboxylic acids is 1. The first-order valence-electron chi connectivity index (χ1n) is 12.2. The molecule has 0 unspecified atom stereocenters. The normalized spacial score (nSPS) is 15.5. The Hall–Kier alpha value is -3.47. The van der Waals surface area contributed by atoms with Gasteiger partial charge in [-0.1, -0.05) is 52.0 Å². The summed E-state index contributed by atoms with van der Waals surface area (Å²) in [5.74, 6) is 2.81. The fourth-order valence-electron chi connectivity index (χ4n) is 4.52. The molecule has 6 rings (SSSR count). The van der Waals surface area contributed by atoms with Crippen LogP contribution >= 0.6 is 39.9 Å². The maximum atomic E-state index is 13.3. The SMILES string of the molecule is COc1ccc(CN2C(=O)/C(=C/c3cn(CCOc4ccc5c(c4)OCO5)c4ccc(Br)cc34)SC2=S)cc1. The summed E-state index contributed by atoms with van der Waals surface area (Å²) in [6.45, 7) is 1.73. The minimum Gasteiger partial charge on any atom is -0.497 e. The zero-order chi connectivity index (χ0) is 26.9. The number of hydrogen-bond donors (Lipinski definition) is 0. The summed E-state index contributed by atoms with van der Waals surface area (Å²) >= 11 is 10.5. The third-order valence-electron chi connectivity index (χ3n) is 6.48. The van der Waals surface area contributed by atoms with Crippen molar-refractivity contribution < 1.29 is 23.7 Å². The molecular formula is C29H23BrN2O5S2. The van der Waals surface area contributed by atoms with Gasteiger partial charge in [0.05, 0.1) is 25.1 Å². The fourth-order valence-corrected chi connectivity index (χ4v) is 6.12. The van der Waals surface area contributed by atoms with Crippen molar-refractivity contribution in [1.82, 2.24) is 9.47 Å². The first-order chi connectivity index (χ1) is 19.0. The number of nitrogens with zero attached hydrogens (tertiary/aromatic N) is 2. The van der Waals surface area contributed by atoms with Gasteiger partial charge in [0.25, 0.3) is 5.91 Å². The number of benzene rings is 3. The van der Waals surface area contributed by atoms with Gasteiger partial charge in [-0.05, 0) is 54.1 Å². The van der Waals surface area contributed by atoms with Crippen LogP contribution < -0.4 is 18.9 Å². The van der Waals surface area contributed by atoms with Gasteiger partial charge in [0.2, 0.25) is 6.79 Å². The summed E-state index contributed by atoms with van der Waals surface area (Å²) in [5.41, 5.74) is 2.98. The molecule has 4 aromatic rings. The van der Waals surface area contributed by atoms with Crippen LogP contribution in [0.2, 0.25) is 0 Å². The molecule has 0 saturated carbocycles. The van der Waals surface area contributed by atoms with Crippen molar-refractivity contribution in [3.8, 4) is 23.0 Å². The van der Waals surface area contributed by atoms with Crippen LogP contribution in [0.4, 0.5) is 0 Å². The Morgan fingerprint density at radius 3 is 2.67 bits per heavy atom. The Kier molecular flexibility index (Phi) is 7.24. The van der Waals surface area contributed by atoms with Gasteiger partial charge in [-0.15, -0.1) is 0 Å². The first-order valence-corrected chi connectivity index (χ1v) is 14.2. The number of rotatable bonds is 8. The molecule has 3 aromatic carbocycles. The van der Waals surface area contributed by atoms with Crippen LogP contribution in [0.25, 0.3) is 17.0 Å². The molecule has 1 amide bonds. The number of fused-ring (bicyclic) bond motifs is 2. The monoisotopic (exact) mass is 622 g/mol. The maximum absolute atomic E-state index is 13.3. The highest BCUT2D eigenvalue weighted by Gasteiger charge is 2.32. The van der Waals surface area contributed by atoms with E-state index in [0.29, 0.717) is 34.7 Å². The van der Waals surface area contributed by atoms with Gasteiger partial charge in [-0.3, -0.25) is 9.69 Å². The third-order valence-corrected chi connectivity index (χ3v) is 8.35. The van der Waals surface area contributed by atoms with Crippen LogP contribution in [0.15, 0.2) is 76.2 Å². The zero-order valence-electron chi connectivity index (χ0n) is 20.9. The van der Waals surface area contributed by atoms with Gasteiger partial charge in [0.1, 0.15) is 22.4 Å². The molecule has 2 aliphatic heterocycles. The number of carbonyl (C=O) groups is 1. The highest BCUT2D eigenvalue weighted by molar-refractivity contribution is 9.10. The Morgan fingerprint density at radius 1 is 1.05 bits per heavy atom. The smallest absolute Gasteiger partial charge is 0.266 e. The number of ether oxygens (including phenoxy) is 4. The van der Waals surface area contributed by atoms with Crippen LogP contribution in [0, 0.1) is 0 Å². The second-order valence-corrected chi connectivity index (χ2v) is 11.5. The molecule has 0 spiro atoms. The molecule has 0 N–H and O–H groups in total. The molecule has 1 saturated heterocycles. The average Bonchev–Trinajstić information content (AvgIpc) is 3.62. The number of aromatic nitrogens is 1. The van der Waals surface area contributed by atoms with E-state index in [2.05, 4.69) is 38.8 Å². The molecule has 1 fully saturated rings. The molecular weight excluding hydrogens is 600 g/mol. The molecule has 1 aromatic heterocycles. The van der Waals surface area contributed by atoms with E-state index in [1.54, 1.807) is 12.0 Å². The maximum Gasteiger partial charge on any atom is 0.266 e. The molecule has 0 bridgehead atoms. The molecule has 0 radical (unpaired) electrons. The Morgan fingerprint density at radius 2 is 1.85 bits per heavy atom. The second kappa shape index (κ2) is 11.0. The van der Waals surface area contributed by atoms with Gasteiger partial charge < -0.3 is 23.5 Å². The third kappa shape index (κ3) is 5.36. The van der Waals surface area contributed by atoms with Crippen molar-refractivity contribution in [2.75, 3.05) is 20.5 Å².